The van der Waals surface area contributed by atoms with Gasteiger partial charge in [-0.25, -0.2) is 9.97 Å². The molecule has 3 nitrogen and oxygen atoms in total. The molecule has 1 N–H and O–H groups in total. The predicted octanol–water partition coefficient (Wildman–Crippen LogP) is 3.88. The number of anilines is 1. The highest BCUT2D eigenvalue weighted by molar-refractivity contribution is 14.1. The van der Waals surface area contributed by atoms with Crippen molar-refractivity contribution in [2.75, 3.05) is 9.79 Å². The molecule has 0 aliphatic carbocycles. The van der Waals surface area contributed by atoms with E-state index in [4.69, 9.17) is 0 Å². The average molecular weight is 396 g/mol. The topological polar surface area (TPSA) is 37.8 Å². The molecule has 0 saturated heterocycles. The summed E-state index contributed by atoms with van der Waals surface area (Å²) in [5.41, 5.74) is 0.947. The molecule has 0 unspecified atom stereocenters. The highest BCUT2D eigenvalue weighted by Crippen LogP contribution is 2.26. The first kappa shape index (κ1) is 11.4. The second-order valence-electron chi connectivity index (χ2n) is 2.81. The lowest BCUT2D eigenvalue weighted by molar-refractivity contribution is 1.02. The SMILES string of the molecule is CSc1nc(NI)c2ccc(Br)cc2n1. The zero-order valence-corrected chi connectivity index (χ0v) is 12.4. The maximum Gasteiger partial charge on any atom is 0.189 e. The summed E-state index contributed by atoms with van der Waals surface area (Å²) in [5, 5.41) is 1.81. The minimum Gasteiger partial charge on any atom is -0.312 e. The van der Waals surface area contributed by atoms with Gasteiger partial charge in [-0.1, -0.05) is 27.7 Å². The van der Waals surface area contributed by atoms with Crippen LogP contribution in [-0.4, -0.2) is 16.2 Å². The van der Waals surface area contributed by atoms with E-state index in [1.807, 2.05) is 24.5 Å². The Hall–Kier alpha value is -0.0800. The summed E-state index contributed by atoms with van der Waals surface area (Å²) in [5.74, 6) is 0.859. The van der Waals surface area contributed by atoms with Gasteiger partial charge in [-0.2, -0.15) is 0 Å². The Kier molecular flexibility index (Phi) is 3.68. The summed E-state index contributed by atoms with van der Waals surface area (Å²) in [6, 6.07) is 5.99. The molecular formula is C9H7BrIN3S. The fraction of sp³-hybridized carbons (Fsp3) is 0.111. The number of rotatable bonds is 2. The highest BCUT2D eigenvalue weighted by atomic mass is 127. The summed E-state index contributed by atoms with van der Waals surface area (Å²) in [6.07, 6.45) is 1.97. The van der Waals surface area contributed by atoms with E-state index in [1.54, 1.807) is 0 Å². The molecule has 0 spiro atoms. The number of nitrogens with one attached hydrogen (secondary N) is 1. The fourth-order valence-electron chi connectivity index (χ4n) is 1.24. The van der Waals surface area contributed by atoms with Gasteiger partial charge in [0, 0.05) is 9.86 Å². The van der Waals surface area contributed by atoms with Gasteiger partial charge in [-0.3, -0.25) is 0 Å². The van der Waals surface area contributed by atoms with Crippen molar-refractivity contribution < 1.29 is 0 Å². The normalized spacial score (nSPS) is 10.6. The molecule has 15 heavy (non-hydrogen) atoms. The van der Waals surface area contributed by atoms with E-state index < -0.39 is 0 Å². The number of hydrogen-bond acceptors (Lipinski definition) is 4. The molecule has 0 atom stereocenters. The molecule has 6 heteroatoms. The first-order valence-electron chi connectivity index (χ1n) is 4.12. The highest BCUT2D eigenvalue weighted by Gasteiger charge is 2.06. The number of hydrogen-bond donors (Lipinski definition) is 1. The van der Waals surface area contributed by atoms with Gasteiger partial charge in [0.2, 0.25) is 0 Å². The third kappa shape index (κ3) is 2.36. The number of thioether (sulfide) groups is 1. The van der Waals surface area contributed by atoms with Gasteiger partial charge in [0.15, 0.2) is 5.16 Å². The summed E-state index contributed by atoms with van der Waals surface area (Å²) >= 11 is 7.06. The van der Waals surface area contributed by atoms with Crippen LogP contribution in [0.3, 0.4) is 0 Å². The van der Waals surface area contributed by atoms with E-state index in [2.05, 4.69) is 52.3 Å². The summed E-state index contributed by atoms with van der Waals surface area (Å²) in [6.45, 7) is 0. The zero-order valence-electron chi connectivity index (χ0n) is 7.79. The Labute approximate surface area is 114 Å². The van der Waals surface area contributed by atoms with Crippen molar-refractivity contribution in [2.45, 2.75) is 5.16 Å². The molecule has 1 aromatic carbocycles. The number of nitrogens with zero attached hydrogens (tertiary/aromatic N) is 2. The van der Waals surface area contributed by atoms with E-state index in [0.717, 1.165) is 26.3 Å². The van der Waals surface area contributed by atoms with Crippen LogP contribution < -0.4 is 3.53 Å². The van der Waals surface area contributed by atoms with Crippen LogP contribution in [0.4, 0.5) is 5.82 Å². The minimum absolute atomic E-state index is 0.778. The van der Waals surface area contributed by atoms with Crippen molar-refractivity contribution in [1.29, 1.82) is 0 Å². The molecule has 0 bridgehead atoms. The monoisotopic (exact) mass is 395 g/mol. The van der Waals surface area contributed by atoms with E-state index in [9.17, 15) is 0 Å². The lowest BCUT2D eigenvalue weighted by Crippen LogP contribution is -1.93. The molecule has 0 saturated carbocycles. The Balaban J connectivity index is 2.74. The van der Waals surface area contributed by atoms with Gasteiger partial charge < -0.3 is 3.53 Å². The predicted molar refractivity (Wildman–Crippen MR) is 76.7 cm³/mol. The van der Waals surface area contributed by atoms with Gasteiger partial charge in [-0.15, -0.1) is 0 Å². The molecule has 0 radical (unpaired) electrons. The zero-order chi connectivity index (χ0) is 10.8. The van der Waals surface area contributed by atoms with Crippen molar-refractivity contribution in [3.8, 4) is 0 Å². The Morgan fingerprint density at radius 1 is 1.40 bits per heavy atom. The smallest absolute Gasteiger partial charge is 0.189 e. The fourth-order valence-corrected chi connectivity index (χ4v) is 2.38. The molecule has 0 amide bonds. The first-order chi connectivity index (χ1) is 7.24. The van der Waals surface area contributed by atoms with E-state index in [-0.39, 0.29) is 0 Å². The first-order valence-corrected chi connectivity index (χ1v) is 7.22. The van der Waals surface area contributed by atoms with Crippen molar-refractivity contribution in [3.63, 3.8) is 0 Å². The van der Waals surface area contributed by atoms with Crippen molar-refractivity contribution in [3.05, 3.63) is 22.7 Å². The van der Waals surface area contributed by atoms with Crippen LogP contribution in [0.25, 0.3) is 10.9 Å². The van der Waals surface area contributed by atoms with E-state index in [1.165, 1.54) is 11.8 Å². The van der Waals surface area contributed by atoms with Crippen molar-refractivity contribution >= 4 is 67.3 Å². The molecule has 2 aromatic rings. The van der Waals surface area contributed by atoms with Crippen molar-refractivity contribution in [1.82, 2.24) is 9.97 Å². The molecule has 1 heterocycles. The van der Waals surface area contributed by atoms with Gasteiger partial charge in [-0.05, 0) is 24.5 Å². The van der Waals surface area contributed by atoms with Crippen LogP contribution in [0.2, 0.25) is 0 Å². The van der Waals surface area contributed by atoms with E-state index >= 15 is 0 Å². The Bertz CT molecular complexity index is 506. The van der Waals surface area contributed by atoms with Gasteiger partial charge in [0.05, 0.1) is 28.4 Å². The number of halogens is 2. The summed E-state index contributed by atoms with van der Waals surface area (Å²) in [7, 11) is 0. The minimum atomic E-state index is 0.778. The standard InChI is InChI=1S/C9H7BrIN3S/c1-15-9-12-7-4-5(10)2-3-6(7)8(13-9)14-11/h2-4H,1H3,(H,12,13,14). The largest absolute Gasteiger partial charge is 0.312 e. The summed E-state index contributed by atoms with van der Waals surface area (Å²) < 4.78 is 4.08. The quantitative estimate of drug-likeness (QED) is 0.362. The number of fused-ring (bicyclic) bond motifs is 1. The molecule has 0 aliphatic heterocycles. The van der Waals surface area contributed by atoms with Crippen LogP contribution in [0.15, 0.2) is 27.8 Å². The lowest BCUT2D eigenvalue weighted by Gasteiger charge is -2.05. The second kappa shape index (κ2) is 4.84. The van der Waals surface area contributed by atoms with Gasteiger partial charge >= 0.3 is 0 Å². The Morgan fingerprint density at radius 2 is 2.20 bits per heavy atom. The maximum atomic E-state index is 4.44. The van der Waals surface area contributed by atoms with E-state index in [0.29, 0.717) is 0 Å². The van der Waals surface area contributed by atoms with Gasteiger partial charge in [0.25, 0.3) is 0 Å². The molecule has 1 aromatic heterocycles. The second-order valence-corrected chi connectivity index (χ2v) is 5.04. The van der Waals surface area contributed by atoms with Gasteiger partial charge in [0.1, 0.15) is 5.82 Å². The van der Waals surface area contributed by atoms with Crippen LogP contribution in [-0.2, 0) is 0 Å². The third-order valence-corrected chi connectivity index (χ3v) is 3.46. The molecule has 0 aliphatic rings. The maximum absolute atomic E-state index is 4.44. The Morgan fingerprint density at radius 3 is 2.87 bits per heavy atom. The number of aromatic nitrogens is 2. The van der Waals surface area contributed by atoms with Crippen LogP contribution >= 0.6 is 50.6 Å². The van der Waals surface area contributed by atoms with Crippen LogP contribution in [0.1, 0.15) is 0 Å². The molecular weight excluding hydrogens is 389 g/mol. The average Bonchev–Trinajstić information content (AvgIpc) is 2.26. The third-order valence-electron chi connectivity index (χ3n) is 1.91. The summed E-state index contributed by atoms with van der Waals surface area (Å²) in [4.78, 5) is 8.83. The molecule has 0 fully saturated rings. The molecule has 78 valence electrons. The number of benzene rings is 1. The van der Waals surface area contributed by atoms with Crippen molar-refractivity contribution in [2.24, 2.45) is 0 Å². The lowest BCUT2D eigenvalue weighted by atomic mass is 10.2. The van der Waals surface area contributed by atoms with Crippen LogP contribution in [0.5, 0.6) is 0 Å². The van der Waals surface area contributed by atoms with Crippen LogP contribution in [0, 0.1) is 0 Å². The molecule has 2 rings (SSSR count).